The van der Waals surface area contributed by atoms with Gasteiger partial charge in [0.25, 0.3) is 5.91 Å². The highest BCUT2D eigenvalue weighted by molar-refractivity contribution is 6.30. The first-order chi connectivity index (χ1) is 13.5. The standard InChI is InChI=1S/C21H18ClN3O3/c1-2-28-21(27)14-3-7-16(8-4-14)24-18-11-12-19(23-13-18)20(26)25-17-9-5-15(22)6-10-17/h3-13,24H,2H2,1H3,(H,25,26). The molecule has 0 saturated heterocycles. The minimum Gasteiger partial charge on any atom is -0.462 e. The molecule has 0 aliphatic heterocycles. The third kappa shape index (κ3) is 5.08. The normalized spacial score (nSPS) is 10.2. The number of carbonyl (C=O) groups is 2. The van der Waals surface area contributed by atoms with Crippen molar-refractivity contribution in [2.45, 2.75) is 6.92 Å². The van der Waals surface area contributed by atoms with Crippen LogP contribution >= 0.6 is 11.6 Å². The Morgan fingerprint density at radius 2 is 1.57 bits per heavy atom. The van der Waals surface area contributed by atoms with Crippen LogP contribution in [-0.2, 0) is 4.74 Å². The van der Waals surface area contributed by atoms with Crippen molar-refractivity contribution in [1.29, 1.82) is 0 Å². The second-order valence-corrected chi connectivity index (χ2v) is 6.25. The molecule has 1 heterocycles. The van der Waals surface area contributed by atoms with Crippen LogP contribution in [0.15, 0.2) is 66.9 Å². The van der Waals surface area contributed by atoms with Gasteiger partial charge in [-0.25, -0.2) is 9.78 Å². The minimum absolute atomic E-state index is 0.290. The van der Waals surface area contributed by atoms with Gasteiger partial charge in [0.2, 0.25) is 0 Å². The number of carbonyl (C=O) groups excluding carboxylic acids is 2. The van der Waals surface area contributed by atoms with E-state index < -0.39 is 0 Å². The molecule has 6 nitrogen and oxygen atoms in total. The number of ether oxygens (including phenoxy) is 1. The molecule has 0 radical (unpaired) electrons. The number of nitrogens with one attached hydrogen (secondary N) is 2. The molecule has 142 valence electrons. The Balaban J connectivity index is 1.61. The van der Waals surface area contributed by atoms with Gasteiger partial charge in [0.05, 0.1) is 24.1 Å². The van der Waals surface area contributed by atoms with E-state index >= 15 is 0 Å². The van der Waals surface area contributed by atoms with Crippen LogP contribution in [0.2, 0.25) is 5.02 Å². The molecular formula is C21H18ClN3O3. The molecule has 3 aromatic rings. The predicted octanol–water partition coefficient (Wildman–Crippen LogP) is 4.91. The van der Waals surface area contributed by atoms with Crippen molar-refractivity contribution in [2.24, 2.45) is 0 Å². The largest absolute Gasteiger partial charge is 0.462 e. The molecule has 7 heteroatoms. The summed E-state index contributed by atoms with van der Waals surface area (Å²) in [5.74, 6) is -0.667. The second-order valence-electron chi connectivity index (χ2n) is 5.82. The maximum Gasteiger partial charge on any atom is 0.338 e. The molecule has 0 saturated carbocycles. The van der Waals surface area contributed by atoms with Crippen molar-refractivity contribution < 1.29 is 14.3 Å². The number of rotatable bonds is 6. The number of aromatic nitrogens is 1. The van der Waals surface area contributed by atoms with Crippen molar-refractivity contribution in [3.8, 4) is 0 Å². The number of amides is 1. The number of hydrogen-bond donors (Lipinski definition) is 2. The lowest BCUT2D eigenvalue weighted by Gasteiger charge is -2.08. The zero-order chi connectivity index (χ0) is 19.9. The third-order valence-electron chi connectivity index (χ3n) is 3.78. The zero-order valence-electron chi connectivity index (χ0n) is 15.1. The zero-order valence-corrected chi connectivity index (χ0v) is 15.9. The molecule has 1 aromatic heterocycles. The van der Waals surface area contributed by atoms with Crippen LogP contribution in [0.25, 0.3) is 0 Å². The van der Waals surface area contributed by atoms with Crippen LogP contribution in [0.3, 0.4) is 0 Å². The van der Waals surface area contributed by atoms with Crippen LogP contribution in [0, 0.1) is 0 Å². The number of anilines is 3. The van der Waals surface area contributed by atoms with E-state index in [4.69, 9.17) is 16.3 Å². The SMILES string of the molecule is CCOC(=O)c1ccc(Nc2ccc(C(=O)Nc3ccc(Cl)cc3)nc2)cc1. The van der Waals surface area contributed by atoms with Crippen LogP contribution in [-0.4, -0.2) is 23.5 Å². The predicted molar refractivity (Wildman–Crippen MR) is 109 cm³/mol. The quantitative estimate of drug-likeness (QED) is 0.580. The summed E-state index contributed by atoms with van der Waals surface area (Å²) in [6, 6.07) is 17.1. The highest BCUT2D eigenvalue weighted by Crippen LogP contribution is 2.18. The van der Waals surface area contributed by atoms with Gasteiger partial charge in [-0.2, -0.15) is 0 Å². The van der Waals surface area contributed by atoms with Crippen LogP contribution in [0.5, 0.6) is 0 Å². The van der Waals surface area contributed by atoms with Crippen molar-refractivity contribution >= 4 is 40.5 Å². The molecule has 0 aliphatic rings. The number of nitrogens with zero attached hydrogens (tertiary/aromatic N) is 1. The van der Waals surface area contributed by atoms with Gasteiger partial charge in [-0.05, 0) is 67.6 Å². The summed E-state index contributed by atoms with van der Waals surface area (Å²) in [5.41, 5.74) is 2.91. The third-order valence-corrected chi connectivity index (χ3v) is 4.03. The van der Waals surface area contributed by atoms with E-state index in [2.05, 4.69) is 15.6 Å². The first kappa shape index (κ1) is 19.4. The lowest BCUT2D eigenvalue weighted by atomic mass is 10.2. The Bertz CT molecular complexity index is 956. The molecule has 0 unspecified atom stereocenters. The number of halogens is 1. The molecule has 0 aliphatic carbocycles. The summed E-state index contributed by atoms with van der Waals surface area (Å²) < 4.78 is 4.96. The first-order valence-electron chi connectivity index (χ1n) is 8.62. The van der Waals surface area contributed by atoms with Crippen molar-refractivity contribution in [3.63, 3.8) is 0 Å². The molecule has 2 aromatic carbocycles. The summed E-state index contributed by atoms with van der Waals surface area (Å²) in [5, 5.41) is 6.52. The van der Waals surface area contributed by atoms with Crippen LogP contribution in [0.1, 0.15) is 27.8 Å². The van der Waals surface area contributed by atoms with E-state index in [0.29, 0.717) is 28.6 Å². The smallest absolute Gasteiger partial charge is 0.338 e. The molecular weight excluding hydrogens is 378 g/mol. The van der Waals surface area contributed by atoms with E-state index in [1.165, 1.54) is 0 Å². The van der Waals surface area contributed by atoms with Gasteiger partial charge in [0.1, 0.15) is 5.69 Å². The number of hydrogen-bond acceptors (Lipinski definition) is 5. The van der Waals surface area contributed by atoms with Gasteiger partial charge in [0.15, 0.2) is 0 Å². The lowest BCUT2D eigenvalue weighted by molar-refractivity contribution is 0.0526. The Kier molecular flexibility index (Phi) is 6.24. The molecule has 28 heavy (non-hydrogen) atoms. The summed E-state index contributed by atoms with van der Waals surface area (Å²) in [6.45, 7) is 2.10. The van der Waals surface area contributed by atoms with Gasteiger partial charge < -0.3 is 15.4 Å². The highest BCUT2D eigenvalue weighted by atomic mass is 35.5. The van der Waals surface area contributed by atoms with Crippen molar-refractivity contribution in [3.05, 3.63) is 83.1 Å². The van der Waals surface area contributed by atoms with Gasteiger partial charge in [-0.3, -0.25) is 4.79 Å². The van der Waals surface area contributed by atoms with E-state index in [9.17, 15) is 9.59 Å². The first-order valence-corrected chi connectivity index (χ1v) is 9.00. The van der Waals surface area contributed by atoms with Gasteiger partial charge >= 0.3 is 5.97 Å². The molecule has 3 rings (SSSR count). The Labute approximate surface area is 167 Å². The van der Waals surface area contributed by atoms with E-state index in [-0.39, 0.29) is 17.6 Å². The summed E-state index contributed by atoms with van der Waals surface area (Å²) in [6.07, 6.45) is 1.57. The summed E-state index contributed by atoms with van der Waals surface area (Å²) in [4.78, 5) is 28.1. The fourth-order valence-electron chi connectivity index (χ4n) is 2.40. The van der Waals surface area contributed by atoms with Crippen molar-refractivity contribution in [2.75, 3.05) is 17.2 Å². The molecule has 0 spiro atoms. The maximum atomic E-state index is 12.3. The lowest BCUT2D eigenvalue weighted by Crippen LogP contribution is -2.13. The molecule has 0 fully saturated rings. The van der Waals surface area contributed by atoms with Gasteiger partial charge in [-0.15, -0.1) is 0 Å². The number of benzene rings is 2. The monoisotopic (exact) mass is 395 g/mol. The molecule has 0 atom stereocenters. The van der Waals surface area contributed by atoms with Crippen molar-refractivity contribution in [1.82, 2.24) is 4.98 Å². The Hall–Kier alpha value is -3.38. The summed E-state index contributed by atoms with van der Waals surface area (Å²) in [7, 11) is 0. The summed E-state index contributed by atoms with van der Waals surface area (Å²) >= 11 is 5.83. The topological polar surface area (TPSA) is 80.3 Å². The molecule has 2 N–H and O–H groups in total. The average molecular weight is 396 g/mol. The van der Waals surface area contributed by atoms with E-state index in [0.717, 1.165) is 5.69 Å². The Morgan fingerprint density at radius 3 is 2.18 bits per heavy atom. The van der Waals surface area contributed by atoms with Crippen LogP contribution < -0.4 is 10.6 Å². The van der Waals surface area contributed by atoms with E-state index in [1.54, 1.807) is 73.8 Å². The number of esters is 1. The van der Waals surface area contributed by atoms with E-state index in [1.807, 2.05) is 0 Å². The fourth-order valence-corrected chi connectivity index (χ4v) is 2.53. The minimum atomic E-state index is -0.355. The molecule has 1 amide bonds. The Morgan fingerprint density at radius 1 is 0.929 bits per heavy atom. The van der Waals surface area contributed by atoms with Crippen LogP contribution in [0.4, 0.5) is 17.1 Å². The number of pyridine rings is 1. The second kappa shape index (κ2) is 9.01. The highest BCUT2D eigenvalue weighted by Gasteiger charge is 2.09. The fraction of sp³-hybridized carbons (Fsp3) is 0.0952. The molecule has 0 bridgehead atoms. The maximum absolute atomic E-state index is 12.3. The van der Waals surface area contributed by atoms with Gasteiger partial charge in [0, 0.05) is 16.4 Å². The van der Waals surface area contributed by atoms with Gasteiger partial charge in [-0.1, -0.05) is 11.6 Å². The average Bonchev–Trinajstić information content (AvgIpc) is 2.71.